The molecule has 1 aromatic carbocycles. The zero-order valence-electron chi connectivity index (χ0n) is 13.6. The molecule has 0 fully saturated rings. The van der Waals surface area contributed by atoms with Gasteiger partial charge in [0, 0.05) is 19.6 Å². The van der Waals surface area contributed by atoms with Gasteiger partial charge in [-0.2, -0.15) is 0 Å². The molecular formula is C18H29NO2. The van der Waals surface area contributed by atoms with Crippen molar-refractivity contribution in [3.63, 3.8) is 0 Å². The third-order valence-electron chi connectivity index (χ3n) is 3.60. The molecule has 0 radical (unpaired) electrons. The summed E-state index contributed by atoms with van der Waals surface area (Å²) in [5, 5.41) is 2.97. The highest BCUT2D eigenvalue weighted by Gasteiger charge is 2.08. The van der Waals surface area contributed by atoms with Gasteiger partial charge in [0.15, 0.2) is 0 Å². The monoisotopic (exact) mass is 291 g/mol. The number of nitrogens with one attached hydrogen (secondary N) is 1. The minimum atomic E-state index is 0.103. The van der Waals surface area contributed by atoms with Gasteiger partial charge in [0.25, 0.3) is 0 Å². The maximum absolute atomic E-state index is 11.7. The van der Waals surface area contributed by atoms with Crippen LogP contribution in [0.15, 0.2) is 30.3 Å². The zero-order chi connectivity index (χ0) is 15.5. The van der Waals surface area contributed by atoms with Crippen molar-refractivity contribution in [1.82, 2.24) is 5.32 Å². The SMILES string of the molecule is CCCC(C)CC(=O)NCCCOC(C)c1ccccc1. The van der Waals surface area contributed by atoms with Crippen LogP contribution in [-0.4, -0.2) is 19.1 Å². The third kappa shape index (κ3) is 7.86. The Labute approximate surface area is 129 Å². The average Bonchev–Trinajstić information content (AvgIpc) is 2.47. The molecule has 0 spiro atoms. The van der Waals surface area contributed by atoms with Crippen molar-refractivity contribution in [2.75, 3.05) is 13.2 Å². The highest BCUT2D eigenvalue weighted by atomic mass is 16.5. The van der Waals surface area contributed by atoms with Crippen LogP contribution < -0.4 is 5.32 Å². The van der Waals surface area contributed by atoms with E-state index in [0.29, 0.717) is 25.5 Å². The van der Waals surface area contributed by atoms with E-state index in [1.54, 1.807) is 0 Å². The summed E-state index contributed by atoms with van der Waals surface area (Å²) in [5.74, 6) is 0.636. The van der Waals surface area contributed by atoms with Gasteiger partial charge in [-0.05, 0) is 24.8 Å². The topological polar surface area (TPSA) is 38.3 Å². The molecule has 1 N–H and O–H groups in total. The normalized spacial score (nSPS) is 13.7. The van der Waals surface area contributed by atoms with Gasteiger partial charge >= 0.3 is 0 Å². The Bertz CT molecular complexity index is 391. The lowest BCUT2D eigenvalue weighted by molar-refractivity contribution is -0.122. The van der Waals surface area contributed by atoms with Gasteiger partial charge in [-0.15, -0.1) is 0 Å². The number of amides is 1. The summed E-state index contributed by atoms with van der Waals surface area (Å²) in [7, 11) is 0. The predicted octanol–water partition coefficient (Wildman–Crippen LogP) is 4.10. The van der Waals surface area contributed by atoms with Crippen molar-refractivity contribution in [1.29, 1.82) is 0 Å². The molecule has 1 aromatic rings. The summed E-state index contributed by atoms with van der Waals surface area (Å²) in [6.45, 7) is 7.70. The Balaban J connectivity index is 2.08. The summed E-state index contributed by atoms with van der Waals surface area (Å²) in [6.07, 6.45) is 3.84. The summed E-state index contributed by atoms with van der Waals surface area (Å²) in [6, 6.07) is 10.2. The number of rotatable bonds is 10. The second-order valence-corrected chi connectivity index (χ2v) is 5.73. The van der Waals surface area contributed by atoms with E-state index in [2.05, 4.69) is 38.2 Å². The maximum Gasteiger partial charge on any atom is 0.220 e. The van der Waals surface area contributed by atoms with Crippen LogP contribution in [0.3, 0.4) is 0 Å². The van der Waals surface area contributed by atoms with Gasteiger partial charge in [0.05, 0.1) is 6.10 Å². The molecule has 118 valence electrons. The van der Waals surface area contributed by atoms with E-state index < -0.39 is 0 Å². The number of carbonyl (C=O) groups is 1. The van der Waals surface area contributed by atoms with Crippen molar-refractivity contribution < 1.29 is 9.53 Å². The van der Waals surface area contributed by atoms with Crippen LogP contribution in [0.1, 0.15) is 58.1 Å². The number of hydrogen-bond acceptors (Lipinski definition) is 2. The van der Waals surface area contributed by atoms with Crippen LogP contribution in [0.25, 0.3) is 0 Å². The fourth-order valence-corrected chi connectivity index (χ4v) is 2.36. The summed E-state index contributed by atoms with van der Waals surface area (Å²) in [4.78, 5) is 11.7. The van der Waals surface area contributed by atoms with Gasteiger partial charge in [-0.1, -0.05) is 57.0 Å². The van der Waals surface area contributed by atoms with Crippen LogP contribution in [0, 0.1) is 5.92 Å². The first-order valence-electron chi connectivity index (χ1n) is 8.06. The first kappa shape index (κ1) is 17.7. The maximum atomic E-state index is 11.7. The quantitative estimate of drug-likeness (QED) is 0.659. The first-order chi connectivity index (χ1) is 10.1. The van der Waals surface area contributed by atoms with Crippen LogP contribution in [0.2, 0.25) is 0 Å². The highest BCUT2D eigenvalue weighted by molar-refractivity contribution is 5.76. The van der Waals surface area contributed by atoms with Crippen molar-refractivity contribution >= 4 is 5.91 Å². The Kier molecular flexibility index (Phi) is 8.76. The highest BCUT2D eigenvalue weighted by Crippen LogP contribution is 2.15. The van der Waals surface area contributed by atoms with Crippen LogP contribution in [0.5, 0.6) is 0 Å². The van der Waals surface area contributed by atoms with E-state index in [4.69, 9.17) is 4.74 Å². The Morgan fingerprint density at radius 1 is 1.24 bits per heavy atom. The number of benzene rings is 1. The molecule has 0 heterocycles. The second-order valence-electron chi connectivity index (χ2n) is 5.73. The summed E-state index contributed by atoms with van der Waals surface area (Å²) >= 11 is 0. The molecule has 0 aliphatic carbocycles. The van der Waals surface area contributed by atoms with Gasteiger partial charge in [-0.25, -0.2) is 0 Å². The number of carbonyl (C=O) groups excluding carboxylic acids is 1. The molecule has 3 nitrogen and oxygen atoms in total. The van der Waals surface area contributed by atoms with Gasteiger partial charge in [0.1, 0.15) is 0 Å². The third-order valence-corrected chi connectivity index (χ3v) is 3.60. The average molecular weight is 291 g/mol. The fraction of sp³-hybridized carbons (Fsp3) is 0.611. The Morgan fingerprint density at radius 3 is 2.62 bits per heavy atom. The number of ether oxygens (including phenoxy) is 1. The van der Waals surface area contributed by atoms with Crippen LogP contribution in [0.4, 0.5) is 0 Å². The van der Waals surface area contributed by atoms with Crippen molar-refractivity contribution in [2.24, 2.45) is 5.92 Å². The lowest BCUT2D eigenvalue weighted by Gasteiger charge is -2.14. The van der Waals surface area contributed by atoms with E-state index in [-0.39, 0.29) is 12.0 Å². The summed E-state index contributed by atoms with van der Waals surface area (Å²) in [5.41, 5.74) is 1.19. The van der Waals surface area contributed by atoms with E-state index in [0.717, 1.165) is 19.3 Å². The molecule has 0 aliphatic heterocycles. The Morgan fingerprint density at radius 2 is 1.95 bits per heavy atom. The molecule has 1 amide bonds. The standard InChI is InChI=1S/C18H29NO2/c1-4-9-15(2)14-18(20)19-12-8-13-21-16(3)17-10-6-5-7-11-17/h5-7,10-11,15-16H,4,8-9,12-14H2,1-3H3,(H,19,20). The second kappa shape index (κ2) is 10.4. The van der Waals surface area contributed by atoms with Crippen molar-refractivity contribution in [3.8, 4) is 0 Å². The van der Waals surface area contributed by atoms with E-state index in [9.17, 15) is 4.79 Å². The number of hydrogen-bond donors (Lipinski definition) is 1. The molecule has 0 aromatic heterocycles. The largest absolute Gasteiger partial charge is 0.374 e. The van der Waals surface area contributed by atoms with Crippen molar-refractivity contribution in [3.05, 3.63) is 35.9 Å². The van der Waals surface area contributed by atoms with E-state index in [1.165, 1.54) is 5.56 Å². The van der Waals surface area contributed by atoms with E-state index >= 15 is 0 Å². The molecule has 0 saturated carbocycles. The molecule has 1 rings (SSSR count). The predicted molar refractivity (Wildman–Crippen MR) is 87.1 cm³/mol. The first-order valence-corrected chi connectivity index (χ1v) is 8.06. The lowest BCUT2D eigenvalue weighted by atomic mass is 10.0. The molecule has 0 bridgehead atoms. The minimum Gasteiger partial charge on any atom is -0.374 e. The lowest BCUT2D eigenvalue weighted by Crippen LogP contribution is -2.26. The molecule has 3 heteroatoms. The molecular weight excluding hydrogens is 262 g/mol. The van der Waals surface area contributed by atoms with Gasteiger partial charge < -0.3 is 10.1 Å². The molecule has 0 aliphatic rings. The van der Waals surface area contributed by atoms with Crippen molar-refractivity contribution in [2.45, 2.75) is 52.6 Å². The summed E-state index contributed by atoms with van der Waals surface area (Å²) < 4.78 is 5.78. The zero-order valence-corrected chi connectivity index (χ0v) is 13.6. The Hall–Kier alpha value is -1.35. The molecule has 21 heavy (non-hydrogen) atoms. The minimum absolute atomic E-state index is 0.103. The van der Waals surface area contributed by atoms with E-state index in [1.807, 2.05) is 18.2 Å². The smallest absolute Gasteiger partial charge is 0.220 e. The molecule has 2 atom stereocenters. The molecule has 2 unspecified atom stereocenters. The molecule has 0 saturated heterocycles. The van der Waals surface area contributed by atoms with Gasteiger partial charge in [-0.3, -0.25) is 4.79 Å². The van der Waals surface area contributed by atoms with Crippen LogP contribution in [-0.2, 0) is 9.53 Å². The van der Waals surface area contributed by atoms with Gasteiger partial charge in [0.2, 0.25) is 5.91 Å². The fourth-order valence-electron chi connectivity index (χ4n) is 2.36. The van der Waals surface area contributed by atoms with Crippen LogP contribution >= 0.6 is 0 Å².